The molecule has 0 N–H and O–H groups in total. The Morgan fingerprint density at radius 1 is 0.923 bits per heavy atom. The van der Waals surface area contributed by atoms with Gasteiger partial charge in [-0.3, -0.25) is 4.79 Å². The summed E-state index contributed by atoms with van der Waals surface area (Å²) in [6, 6.07) is 18.9. The van der Waals surface area contributed by atoms with Gasteiger partial charge in [0.25, 0.3) is 0 Å². The number of aromatic nitrogens is 1. The molecule has 0 unspecified atom stereocenters. The van der Waals surface area contributed by atoms with Gasteiger partial charge in [-0.2, -0.15) is 0 Å². The summed E-state index contributed by atoms with van der Waals surface area (Å²) in [5, 5.41) is 0. The van der Waals surface area contributed by atoms with Crippen molar-refractivity contribution < 1.29 is 9.47 Å². The fourth-order valence-corrected chi connectivity index (χ4v) is 2.54. The van der Waals surface area contributed by atoms with E-state index in [9.17, 15) is 4.79 Å². The van der Waals surface area contributed by atoms with Crippen molar-refractivity contribution in [3.05, 3.63) is 88.8 Å². The molecular weight excluding hydrogens is 350 g/mol. The molecule has 0 radical (unpaired) electrons. The molecule has 0 spiro atoms. The van der Waals surface area contributed by atoms with Crippen molar-refractivity contribution in [2.75, 3.05) is 12.5 Å². The summed E-state index contributed by atoms with van der Waals surface area (Å²) in [4.78, 5) is 12.1. The Kier molecular flexibility index (Phi) is 6.34. The molecule has 134 valence electrons. The Balaban J connectivity index is 1.71. The van der Waals surface area contributed by atoms with E-state index in [0.717, 1.165) is 23.4 Å². The normalized spacial score (nSPS) is 10.5. The van der Waals surface area contributed by atoms with Gasteiger partial charge >= 0.3 is 0 Å². The van der Waals surface area contributed by atoms with Crippen LogP contribution in [-0.2, 0) is 6.61 Å². The van der Waals surface area contributed by atoms with Crippen molar-refractivity contribution in [1.29, 1.82) is 0 Å². The number of benzene rings is 2. The van der Waals surface area contributed by atoms with E-state index in [4.69, 9.17) is 21.1 Å². The summed E-state index contributed by atoms with van der Waals surface area (Å²) in [5.74, 6) is 1.69. The molecule has 0 fully saturated rings. The van der Waals surface area contributed by atoms with Gasteiger partial charge < -0.3 is 14.0 Å². The van der Waals surface area contributed by atoms with Crippen LogP contribution in [0.4, 0.5) is 0 Å². The van der Waals surface area contributed by atoms with Gasteiger partial charge in [-0.05, 0) is 36.2 Å². The molecule has 2 aromatic carbocycles. The van der Waals surface area contributed by atoms with Gasteiger partial charge in [-0.1, -0.05) is 30.3 Å². The lowest BCUT2D eigenvalue weighted by molar-refractivity contribution is 0.301. The minimum Gasteiger partial charge on any atom is -0.494 e. The SMILES string of the molecule is O=c1ccn(-c2ccc(OCCCCl)cc2)cc1OCc1ccccc1. The first-order valence-electron chi connectivity index (χ1n) is 8.44. The smallest absolute Gasteiger partial charge is 0.223 e. The van der Waals surface area contributed by atoms with Crippen LogP contribution >= 0.6 is 11.6 Å². The first kappa shape index (κ1) is 18.1. The lowest BCUT2D eigenvalue weighted by Gasteiger charge is -2.11. The van der Waals surface area contributed by atoms with Crippen LogP contribution in [0.1, 0.15) is 12.0 Å². The zero-order chi connectivity index (χ0) is 18.2. The monoisotopic (exact) mass is 369 g/mol. The molecule has 26 heavy (non-hydrogen) atoms. The van der Waals surface area contributed by atoms with Gasteiger partial charge in [0, 0.05) is 23.8 Å². The highest BCUT2D eigenvalue weighted by molar-refractivity contribution is 6.17. The van der Waals surface area contributed by atoms with E-state index in [1.807, 2.05) is 59.2 Å². The quantitative estimate of drug-likeness (QED) is 0.436. The van der Waals surface area contributed by atoms with Crippen molar-refractivity contribution >= 4 is 11.6 Å². The second-order valence-corrected chi connectivity index (χ2v) is 6.12. The van der Waals surface area contributed by atoms with Crippen molar-refractivity contribution in [2.24, 2.45) is 0 Å². The largest absolute Gasteiger partial charge is 0.494 e. The zero-order valence-corrected chi connectivity index (χ0v) is 15.1. The molecule has 0 bridgehead atoms. The Hall–Kier alpha value is -2.72. The van der Waals surface area contributed by atoms with Gasteiger partial charge in [0.05, 0.1) is 12.8 Å². The average molecular weight is 370 g/mol. The Bertz CT molecular complexity index is 876. The van der Waals surface area contributed by atoms with Crippen molar-refractivity contribution in [2.45, 2.75) is 13.0 Å². The van der Waals surface area contributed by atoms with Crippen LogP contribution in [0.2, 0.25) is 0 Å². The summed E-state index contributed by atoms with van der Waals surface area (Å²) in [5.41, 5.74) is 1.79. The van der Waals surface area contributed by atoms with Gasteiger partial charge in [0.2, 0.25) is 5.43 Å². The molecule has 3 aromatic rings. The van der Waals surface area contributed by atoms with E-state index in [0.29, 0.717) is 24.8 Å². The zero-order valence-electron chi connectivity index (χ0n) is 14.3. The first-order valence-corrected chi connectivity index (χ1v) is 8.98. The maximum absolute atomic E-state index is 12.1. The Morgan fingerprint density at radius 2 is 1.69 bits per heavy atom. The summed E-state index contributed by atoms with van der Waals surface area (Å²) >= 11 is 5.64. The van der Waals surface area contributed by atoms with Crippen molar-refractivity contribution in [3.8, 4) is 17.2 Å². The highest BCUT2D eigenvalue weighted by Gasteiger charge is 2.04. The average Bonchev–Trinajstić information content (AvgIpc) is 2.69. The minimum atomic E-state index is -0.141. The fraction of sp³-hybridized carbons (Fsp3) is 0.190. The number of rotatable bonds is 8. The third-order valence-electron chi connectivity index (χ3n) is 3.80. The molecule has 0 aliphatic rings. The molecule has 0 amide bonds. The van der Waals surface area contributed by atoms with Gasteiger partial charge in [-0.15, -0.1) is 11.6 Å². The maximum atomic E-state index is 12.1. The van der Waals surface area contributed by atoms with Crippen molar-refractivity contribution in [1.82, 2.24) is 4.57 Å². The van der Waals surface area contributed by atoms with E-state index >= 15 is 0 Å². The predicted molar refractivity (Wildman–Crippen MR) is 104 cm³/mol. The highest BCUT2D eigenvalue weighted by Crippen LogP contribution is 2.17. The van der Waals surface area contributed by atoms with Gasteiger partial charge in [-0.25, -0.2) is 0 Å². The molecule has 1 heterocycles. The number of ether oxygens (including phenoxy) is 2. The van der Waals surface area contributed by atoms with Gasteiger partial charge in [0.1, 0.15) is 12.4 Å². The van der Waals surface area contributed by atoms with Crippen LogP contribution in [0.25, 0.3) is 5.69 Å². The molecule has 5 heteroatoms. The second kappa shape index (κ2) is 9.11. The lowest BCUT2D eigenvalue weighted by Crippen LogP contribution is -2.10. The fourth-order valence-electron chi connectivity index (χ4n) is 2.43. The van der Waals surface area contributed by atoms with E-state index < -0.39 is 0 Å². The number of halogens is 1. The lowest BCUT2D eigenvalue weighted by atomic mass is 10.2. The second-order valence-electron chi connectivity index (χ2n) is 5.74. The summed E-state index contributed by atoms with van der Waals surface area (Å²) in [6.07, 6.45) is 4.24. The van der Waals surface area contributed by atoms with E-state index in [2.05, 4.69) is 0 Å². The van der Waals surface area contributed by atoms with Gasteiger partial charge in [0.15, 0.2) is 5.75 Å². The van der Waals surface area contributed by atoms with E-state index in [1.165, 1.54) is 6.07 Å². The number of pyridine rings is 1. The van der Waals surface area contributed by atoms with Crippen LogP contribution in [0.3, 0.4) is 0 Å². The van der Waals surface area contributed by atoms with Crippen LogP contribution in [0.15, 0.2) is 77.9 Å². The molecule has 0 saturated heterocycles. The number of hydrogen-bond acceptors (Lipinski definition) is 3. The number of nitrogens with zero attached hydrogens (tertiary/aromatic N) is 1. The molecule has 0 saturated carbocycles. The first-order chi connectivity index (χ1) is 12.8. The van der Waals surface area contributed by atoms with Crippen LogP contribution in [0, 0.1) is 0 Å². The minimum absolute atomic E-state index is 0.141. The standard InChI is InChI=1S/C21H20ClNO3/c22-12-4-14-25-19-9-7-18(8-10-19)23-13-11-20(24)21(15-23)26-16-17-5-2-1-3-6-17/h1-3,5-11,13,15H,4,12,14,16H2. The Morgan fingerprint density at radius 3 is 2.42 bits per heavy atom. The van der Waals surface area contributed by atoms with Crippen molar-refractivity contribution in [3.63, 3.8) is 0 Å². The van der Waals surface area contributed by atoms with E-state index in [1.54, 1.807) is 12.4 Å². The summed E-state index contributed by atoms with van der Waals surface area (Å²) in [6.45, 7) is 0.950. The summed E-state index contributed by atoms with van der Waals surface area (Å²) < 4.78 is 13.2. The third kappa shape index (κ3) is 4.90. The predicted octanol–water partition coefficient (Wildman–Crippen LogP) is 4.42. The third-order valence-corrected chi connectivity index (χ3v) is 4.07. The molecule has 1 aromatic heterocycles. The topological polar surface area (TPSA) is 40.5 Å². The van der Waals surface area contributed by atoms with Crippen LogP contribution in [-0.4, -0.2) is 17.1 Å². The van der Waals surface area contributed by atoms with Crippen LogP contribution in [0.5, 0.6) is 11.5 Å². The molecule has 3 rings (SSSR count). The summed E-state index contributed by atoms with van der Waals surface area (Å²) in [7, 11) is 0. The highest BCUT2D eigenvalue weighted by atomic mass is 35.5. The molecule has 0 atom stereocenters. The Labute approximate surface area is 157 Å². The number of hydrogen-bond donors (Lipinski definition) is 0. The molecule has 0 aliphatic carbocycles. The van der Waals surface area contributed by atoms with E-state index in [-0.39, 0.29) is 5.43 Å². The van der Waals surface area contributed by atoms with Crippen LogP contribution < -0.4 is 14.9 Å². The molecular formula is C21H20ClNO3. The molecule has 0 aliphatic heterocycles. The maximum Gasteiger partial charge on any atom is 0.223 e. The number of alkyl halides is 1. The molecule has 4 nitrogen and oxygen atoms in total.